The summed E-state index contributed by atoms with van der Waals surface area (Å²) in [7, 11) is 1.43. The highest BCUT2D eigenvalue weighted by Gasteiger charge is 2.40. The molecule has 5 nitrogen and oxygen atoms in total. The number of carbonyl (C=O) groups excluding carboxylic acids is 2. The number of anilines is 1. The molecule has 2 aromatic rings. The van der Waals surface area contributed by atoms with E-state index >= 15 is 0 Å². The third-order valence-electron chi connectivity index (χ3n) is 4.15. The van der Waals surface area contributed by atoms with E-state index in [9.17, 15) is 19.2 Å². The monoisotopic (exact) mass is 459 g/mol. The molecule has 8 heteroatoms. The molecule has 1 heterocycles. The SMILES string of the molecule is CNC(=O)/C(C#N)=C1\S[C@H](Cc2ccc(F)cc2)C(=O)N1c1ccc(Br)cc1. The summed E-state index contributed by atoms with van der Waals surface area (Å²) in [5.74, 6) is -1.14. The van der Waals surface area contributed by atoms with Crippen molar-refractivity contribution in [2.24, 2.45) is 0 Å². The lowest BCUT2D eigenvalue weighted by Gasteiger charge is -2.18. The van der Waals surface area contributed by atoms with Crippen molar-refractivity contribution in [2.75, 3.05) is 11.9 Å². The lowest BCUT2D eigenvalue weighted by Crippen LogP contribution is -2.31. The summed E-state index contributed by atoms with van der Waals surface area (Å²) in [5.41, 5.74) is 1.24. The van der Waals surface area contributed by atoms with Gasteiger partial charge in [0.15, 0.2) is 0 Å². The molecule has 0 saturated carbocycles. The van der Waals surface area contributed by atoms with Crippen LogP contribution in [0.25, 0.3) is 0 Å². The Kier molecular flexibility index (Phi) is 6.17. The van der Waals surface area contributed by atoms with Gasteiger partial charge in [0.25, 0.3) is 5.91 Å². The van der Waals surface area contributed by atoms with Gasteiger partial charge in [0.05, 0.1) is 5.25 Å². The topological polar surface area (TPSA) is 73.2 Å². The zero-order valence-electron chi connectivity index (χ0n) is 14.8. The predicted octanol–water partition coefficient (Wildman–Crippen LogP) is 3.76. The van der Waals surface area contributed by atoms with Crippen molar-refractivity contribution >= 4 is 45.2 Å². The summed E-state index contributed by atoms with van der Waals surface area (Å²) in [5, 5.41) is 11.7. The van der Waals surface area contributed by atoms with Crippen molar-refractivity contribution in [1.29, 1.82) is 5.26 Å². The van der Waals surface area contributed by atoms with Crippen LogP contribution in [0.5, 0.6) is 0 Å². The van der Waals surface area contributed by atoms with Gasteiger partial charge in [-0.25, -0.2) is 4.39 Å². The van der Waals surface area contributed by atoms with Crippen LogP contribution in [0.1, 0.15) is 5.56 Å². The molecule has 1 atom stereocenters. The minimum atomic E-state index is -0.553. The van der Waals surface area contributed by atoms with Gasteiger partial charge in [0, 0.05) is 17.2 Å². The number of thioether (sulfide) groups is 1. The Labute approximate surface area is 174 Å². The van der Waals surface area contributed by atoms with Crippen LogP contribution in [0, 0.1) is 17.1 Å². The van der Waals surface area contributed by atoms with Gasteiger partial charge in [-0.1, -0.05) is 39.8 Å². The van der Waals surface area contributed by atoms with Crippen molar-refractivity contribution in [3.63, 3.8) is 0 Å². The van der Waals surface area contributed by atoms with E-state index in [2.05, 4.69) is 21.2 Å². The molecule has 1 aliphatic heterocycles. The molecule has 28 heavy (non-hydrogen) atoms. The van der Waals surface area contributed by atoms with Crippen LogP contribution in [0.3, 0.4) is 0 Å². The second kappa shape index (κ2) is 8.59. The second-order valence-electron chi connectivity index (χ2n) is 5.96. The van der Waals surface area contributed by atoms with Gasteiger partial charge in [0.1, 0.15) is 22.5 Å². The number of hydrogen-bond acceptors (Lipinski definition) is 4. The number of nitrogens with one attached hydrogen (secondary N) is 1. The van der Waals surface area contributed by atoms with Crippen LogP contribution in [0.15, 0.2) is 63.6 Å². The van der Waals surface area contributed by atoms with Crippen molar-refractivity contribution in [3.8, 4) is 6.07 Å². The van der Waals surface area contributed by atoms with E-state index in [1.165, 1.54) is 35.8 Å². The van der Waals surface area contributed by atoms with Gasteiger partial charge in [-0.3, -0.25) is 14.5 Å². The average Bonchev–Trinajstić information content (AvgIpc) is 3.00. The summed E-state index contributed by atoms with van der Waals surface area (Å²) in [4.78, 5) is 26.7. The molecule has 1 aliphatic rings. The number of amides is 2. The maximum Gasteiger partial charge on any atom is 0.264 e. The molecule has 142 valence electrons. The Hall–Kier alpha value is -2.63. The number of nitriles is 1. The Morgan fingerprint density at radius 2 is 1.89 bits per heavy atom. The molecular formula is C20H15BrFN3O2S. The molecule has 1 N–H and O–H groups in total. The largest absolute Gasteiger partial charge is 0.354 e. The molecular weight excluding hydrogens is 445 g/mol. The van der Waals surface area contributed by atoms with Crippen LogP contribution in [0.4, 0.5) is 10.1 Å². The van der Waals surface area contributed by atoms with Crippen LogP contribution in [-0.2, 0) is 16.0 Å². The summed E-state index contributed by atoms with van der Waals surface area (Å²) < 4.78 is 14.0. The van der Waals surface area contributed by atoms with E-state index < -0.39 is 11.2 Å². The van der Waals surface area contributed by atoms with Crippen LogP contribution >= 0.6 is 27.7 Å². The second-order valence-corrected chi connectivity index (χ2v) is 8.07. The third-order valence-corrected chi connectivity index (χ3v) is 5.94. The highest BCUT2D eigenvalue weighted by Crippen LogP contribution is 2.42. The minimum absolute atomic E-state index is 0.120. The summed E-state index contributed by atoms with van der Waals surface area (Å²) in [6.07, 6.45) is 0.354. The molecule has 0 bridgehead atoms. The molecule has 1 fully saturated rings. The fraction of sp³-hybridized carbons (Fsp3) is 0.150. The Morgan fingerprint density at radius 1 is 1.25 bits per heavy atom. The molecule has 0 aliphatic carbocycles. The van der Waals surface area contributed by atoms with E-state index in [1.54, 1.807) is 36.4 Å². The fourth-order valence-corrected chi connectivity index (χ4v) is 4.34. The van der Waals surface area contributed by atoms with Gasteiger partial charge < -0.3 is 5.32 Å². The van der Waals surface area contributed by atoms with E-state index in [-0.39, 0.29) is 17.3 Å². The summed E-state index contributed by atoms with van der Waals surface area (Å²) in [6, 6.07) is 14.9. The van der Waals surface area contributed by atoms with Crippen molar-refractivity contribution in [2.45, 2.75) is 11.7 Å². The van der Waals surface area contributed by atoms with Crippen molar-refractivity contribution < 1.29 is 14.0 Å². The number of halogens is 2. The normalized spacial score (nSPS) is 18.0. The minimum Gasteiger partial charge on any atom is -0.354 e. The number of nitrogens with zero attached hydrogens (tertiary/aromatic N) is 2. The number of rotatable bonds is 4. The summed E-state index contributed by atoms with van der Waals surface area (Å²) in [6.45, 7) is 0. The number of hydrogen-bond donors (Lipinski definition) is 1. The molecule has 3 rings (SSSR count). The maximum atomic E-state index is 13.2. The molecule has 1 saturated heterocycles. The third kappa shape index (κ3) is 4.11. The van der Waals surface area contributed by atoms with E-state index in [1.807, 2.05) is 6.07 Å². The molecule has 0 spiro atoms. The first-order valence-electron chi connectivity index (χ1n) is 8.31. The molecule has 2 aromatic carbocycles. The molecule has 2 amide bonds. The lowest BCUT2D eigenvalue weighted by atomic mass is 10.1. The standard InChI is InChI=1S/C20H15BrFN3O2S/c1-24-18(26)16(11-23)20-25(15-8-4-13(21)5-9-15)19(27)17(28-20)10-12-2-6-14(22)7-3-12/h2-9,17H,10H2,1H3,(H,24,26)/b20-16-/t17-/m1/s1. The number of carbonyl (C=O) groups is 2. The van der Waals surface area contributed by atoms with Crippen LogP contribution < -0.4 is 10.2 Å². The predicted molar refractivity (Wildman–Crippen MR) is 110 cm³/mol. The lowest BCUT2D eigenvalue weighted by molar-refractivity contribution is -0.117. The first kappa shape index (κ1) is 20.1. The molecule has 0 unspecified atom stereocenters. The Bertz CT molecular complexity index is 984. The number of likely N-dealkylation sites (N-methyl/N-ethyl adjacent to an activating group) is 1. The van der Waals surface area contributed by atoms with Crippen molar-refractivity contribution in [1.82, 2.24) is 5.32 Å². The zero-order valence-corrected chi connectivity index (χ0v) is 17.2. The van der Waals surface area contributed by atoms with Crippen LogP contribution in [-0.4, -0.2) is 24.1 Å². The highest BCUT2D eigenvalue weighted by atomic mass is 79.9. The van der Waals surface area contributed by atoms with Crippen LogP contribution in [0.2, 0.25) is 0 Å². The van der Waals surface area contributed by atoms with E-state index in [0.29, 0.717) is 17.1 Å². The highest BCUT2D eigenvalue weighted by molar-refractivity contribution is 9.10. The number of benzene rings is 2. The smallest absolute Gasteiger partial charge is 0.264 e. The van der Waals surface area contributed by atoms with Gasteiger partial charge in [-0.15, -0.1) is 0 Å². The average molecular weight is 460 g/mol. The maximum absolute atomic E-state index is 13.2. The first-order valence-corrected chi connectivity index (χ1v) is 9.99. The summed E-state index contributed by atoms with van der Waals surface area (Å²) >= 11 is 4.52. The van der Waals surface area contributed by atoms with Gasteiger partial charge in [-0.05, 0) is 48.4 Å². The Morgan fingerprint density at radius 3 is 2.46 bits per heavy atom. The van der Waals surface area contributed by atoms with Gasteiger partial charge in [-0.2, -0.15) is 5.26 Å². The fourth-order valence-electron chi connectivity index (χ4n) is 2.77. The van der Waals surface area contributed by atoms with E-state index in [0.717, 1.165) is 10.0 Å². The molecule has 0 aromatic heterocycles. The zero-order chi connectivity index (χ0) is 20.3. The Balaban J connectivity index is 2.03. The van der Waals surface area contributed by atoms with Crippen molar-refractivity contribution in [3.05, 3.63) is 75.0 Å². The quantitative estimate of drug-likeness (QED) is 0.557. The molecule has 0 radical (unpaired) electrons. The first-order chi connectivity index (χ1) is 13.4. The van der Waals surface area contributed by atoms with Gasteiger partial charge >= 0.3 is 0 Å². The van der Waals surface area contributed by atoms with E-state index in [4.69, 9.17) is 0 Å². The van der Waals surface area contributed by atoms with Gasteiger partial charge in [0.2, 0.25) is 5.91 Å².